The van der Waals surface area contributed by atoms with E-state index in [0.717, 1.165) is 11.3 Å². The Bertz CT molecular complexity index is 530. The molecule has 0 saturated carbocycles. The fourth-order valence-corrected chi connectivity index (χ4v) is 1.55. The van der Waals surface area contributed by atoms with E-state index < -0.39 is 0 Å². The van der Waals surface area contributed by atoms with Crippen molar-refractivity contribution in [3.05, 3.63) is 46.9 Å². The summed E-state index contributed by atoms with van der Waals surface area (Å²) in [5.74, 6) is 6.46. The van der Waals surface area contributed by atoms with Crippen LogP contribution in [-0.4, -0.2) is 9.97 Å². The third-order valence-corrected chi connectivity index (χ3v) is 2.61. The maximum Gasteiger partial charge on any atom is 0.158 e. The smallest absolute Gasteiger partial charge is 0.158 e. The molecule has 0 aliphatic heterocycles. The van der Waals surface area contributed by atoms with E-state index in [0.29, 0.717) is 23.1 Å². The number of ether oxygens (including phenoxy) is 1. The van der Waals surface area contributed by atoms with E-state index in [1.54, 1.807) is 18.5 Å². The Labute approximate surface area is 110 Å². The van der Waals surface area contributed by atoms with E-state index >= 15 is 0 Å². The van der Waals surface area contributed by atoms with Crippen LogP contribution in [0.25, 0.3) is 0 Å². The monoisotopic (exact) mass is 264 g/mol. The van der Waals surface area contributed by atoms with Crippen LogP contribution in [0.15, 0.2) is 30.6 Å². The quantitative estimate of drug-likeness (QED) is 0.655. The molecule has 1 heterocycles. The van der Waals surface area contributed by atoms with E-state index in [2.05, 4.69) is 15.4 Å². The minimum absolute atomic E-state index is 0.332. The summed E-state index contributed by atoms with van der Waals surface area (Å²) < 4.78 is 5.64. The molecule has 0 amide bonds. The molecule has 0 spiro atoms. The van der Waals surface area contributed by atoms with Gasteiger partial charge in [-0.25, -0.2) is 10.8 Å². The van der Waals surface area contributed by atoms with Crippen molar-refractivity contribution in [2.45, 2.75) is 13.5 Å². The fraction of sp³-hybridized carbons (Fsp3) is 0.167. The van der Waals surface area contributed by atoms with Gasteiger partial charge in [0.15, 0.2) is 5.82 Å². The van der Waals surface area contributed by atoms with Gasteiger partial charge >= 0.3 is 0 Å². The van der Waals surface area contributed by atoms with Gasteiger partial charge in [-0.3, -0.25) is 4.98 Å². The van der Waals surface area contributed by atoms with Crippen molar-refractivity contribution in [3.8, 4) is 5.75 Å². The highest BCUT2D eigenvalue weighted by Crippen LogP contribution is 2.23. The summed E-state index contributed by atoms with van der Waals surface area (Å²) in [5, 5.41) is 0.643. The molecule has 0 bridgehead atoms. The minimum atomic E-state index is 0.332. The average molecular weight is 265 g/mol. The molecule has 0 saturated heterocycles. The lowest BCUT2D eigenvalue weighted by Crippen LogP contribution is -2.09. The molecule has 2 aromatic rings. The fourth-order valence-electron chi connectivity index (χ4n) is 1.38. The number of hydrazine groups is 1. The van der Waals surface area contributed by atoms with Crippen molar-refractivity contribution < 1.29 is 4.74 Å². The zero-order valence-corrected chi connectivity index (χ0v) is 10.6. The van der Waals surface area contributed by atoms with Crippen molar-refractivity contribution in [1.82, 2.24) is 9.97 Å². The Morgan fingerprint density at radius 3 is 2.83 bits per heavy atom. The van der Waals surface area contributed by atoms with Crippen molar-refractivity contribution in [2.75, 3.05) is 5.43 Å². The van der Waals surface area contributed by atoms with Crippen molar-refractivity contribution in [3.63, 3.8) is 0 Å². The summed E-state index contributed by atoms with van der Waals surface area (Å²) >= 11 is 5.91. The first-order valence-electron chi connectivity index (χ1n) is 5.35. The molecule has 0 aliphatic carbocycles. The molecule has 5 nitrogen and oxygen atoms in total. The van der Waals surface area contributed by atoms with Crippen LogP contribution >= 0.6 is 11.6 Å². The highest BCUT2D eigenvalue weighted by atomic mass is 35.5. The number of nitrogen functional groups attached to an aromatic ring is 1. The second-order valence-electron chi connectivity index (χ2n) is 3.74. The largest absolute Gasteiger partial charge is 0.487 e. The summed E-state index contributed by atoms with van der Waals surface area (Å²) in [6.45, 7) is 2.29. The number of rotatable bonds is 4. The van der Waals surface area contributed by atoms with Gasteiger partial charge < -0.3 is 10.2 Å². The molecule has 1 aromatic carbocycles. The number of nitrogens with two attached hydrogens (primary N) is 1. The number of benzene rings is 1. The van der Waals surface area contributed by atoms with Crippen LogP contribution in [0.2, 0.25) is 5.02 Å². The van der Waals surface area contributed by atoms with Gasteiger partial charge in [0.2, 0.25) is 0 Å². The molecule has 3 N–H and O–H groups in total. The highest BCUT2D eigenvalue weighted by molar-refractivity contribution is 6.30. The topological polar surface area (TPSA) is 73.1 Å². The van der Waals surface area contributed by atoms with Crippen molar-refractivity contribution >= 4 is 17.4 Å². The number of aromatic nitrogens is 2. The van der Waals surface area contributed by atoms with Crippen LogP contribution in [0.1, 0.15) is 11.3 Å². The lowest BCUT2D eigenvalue weighted by Gasteiger charge is -2.09. The van der Waals surface area contributed by atoms with Crippen LogP contribution in [0.4, 0.5) is 5.82 Å². The summed E-state index contributed by atoms with van der Waals surface area (Å²) in [7, 11) is 0. The molecule has 0 fully saturated rings. The third kappa shape index (κ3) is 3.09. The molecular formula is C12H13ClN4O. The molecule has 6 heteroatoms. The minimum Gasteiger partial charge on any atom is -0.487 e. The van der Waals surface area contributed by atoms with Gasteiger partial charge in [-0.05, 0) is 24.6 Å². The number of nitrogens with zero attached hydrogens (tertiary/aromatic N) is 2. The first-order valence-corrected chi connectivity index (χ1v) is 5.73. The lowest BCUT2D eigenvalue weighted by atomic mass is 10.2. The first kappa shape index (κ1) is 12.6. The number of anilines is 1. The third-order valence-electron chi connectivity index (χ3n) is 2.38. The predicted octanol–water partition coefficient (Wildman–Crippen LogP) is 2.30. The van der Waals surface area contributed by atoms with Crippen molar-refractivity contribution in [1.29, 1.82) is 0 Å². The van der Waals surface area contributed by atoms with E-state index in [-0.39, 0.29) is 0 Å². The molecule has 0 aliphatic rings. The van der Waals surface area contributed by atoms with E-state index in [4.69, 9.17) is 22.2 Å². The Morgan fingerprint density at radius 2 is 2.17 bits per heavy atom. The van der Waals surface area contributed by atoms with Crippen LogP contribution in [0.3, 0.4) is 0 Å². The van der Waals surface area contributed by atoms with Gasteiger partial charge in [-0.2, -0.15) is 0 Å². The number of halogens is 1. The standard InChI is InChI=1S/C12H13ClN4O/c1-8-2-3-9(13)4-11(8)18-7-10-5-16-12(17-14)6-15-10/h2-6H,7,14H2,1H3,(H,16,17). The summed E-state index contributed by atoms with van der Waals surface area (Å²) in [4.78, 5) is 8.20. The number of nitrogens with one attached hydrogen (secondary N) is 1. The summed E-state index contributed by atoms with van der Waals surface area (Å²) in [6.07, 6.45) is 3.15. The average Bonchev–Trinajstić information content (AvgIpc) is 2.40. The molecule has 2 rings (SSSR count). The zero-order chi connectivity index (χ0) is 13.0. The summed E-state index contributed by atoms with van der Waals surface area (Å²) in [6, 6.07) is 5.51. The van der Waals surface area contributed by atoms with Gasteiger partial charge in [-0.15, -0.1) is 0 Å². The Morgan fingerprint density at radius 1 is 1.33 bits per heavy atom. The molecule has 94 valence electrons. The van der Waals surface area contributed by atoms with Gasteiger partial charge in [0, 0.05) is 5.02 Å². The zero-order valence-electron chi connectivity index (χ0n) is 9.85. The first-order chi connectivity index (χ1) is 8.69. The number of hydrogen-bond acceptors (Lipinski definition) is 5. The normalized spacial score (nSPS) is 10.2. The number of hydrogen-bond donors (Lipinski definition) is 2. The molecule has 18 heavy (non-hydrogen) atoms. The lowest BCUT2D eigenvalue weighted by molar-refractivity contribution is 0.299. The van der Waals surface area contributed by atoms with Gasteiger partial charge in [0.05, 0.1) is 18.1 Å². The molecular weight excluding hydrogens is 252 g/mol. The molecule has 0 radical (unpaired) electrons. The van der Waals surface area contributed by atoms with Gasteiger partial charge in [-0.1, -0.05) is 17.7 Å². The van der Waals surface area contributed by atoms with Gasteiger partial charge in [0.1, 0.15) is 12.4 Å². The van der Waals surface area contributed by atoms with E-state index in [1.165, 1.54) is 0 Å². The Hall–Kier alpha value is -1.85. The van der Waals surface area contributed by atoms with Crippen LogP contribution in [0.5, 0.6) is 5.75 Å². The summed E-state index contributed by atoms with van der Waals surface area (Å²) in [5.41, 5.74) is 4.15. The second-order valence-corrected chi connectivity index (χ2v) is 4.17. The predicted molar refractivity (Wildman–Crippen MR) is 70.4 cm³/mol. The number of aryl methyl sites for hydroxylation is 1. The maximum absolute atomic E-state index is 5.91. The highest BCUT2D eigenvalue weighted by Gasteiger charge is 2.02. The van der Waals surface area contributed by atoms with Crippen LogP contribution < -0.4 is 16.0 Å². The van der Waals surface area contributed by atoms with E-state index in [1.807, 2.05) is 19.1 Å². The molecule has 0 atom stereocenters. The molecule has 1 aromatic heterocycles. The van der Waals surface area contributed by atoms with E-state index in [9.17, 15) is 0 Å². The molecule has 0 unspecified atom stereocenters. The van der Waals surface area contributed by atoms with Crippen LogP contribution in [0, 0.1) is 6.92 Å². The SMILES string of the molecule is Cc1ccc(Cl)cc1OCc1cnc(NN)cn1. The van der Waals surface area contributed by atoms with Gasteiger partial charge in [0.25, 0.3) is 0 Å². The Balaban J connectivity index is 2.04. The van der Waals surface area contributed by atoms with Crippen LogP contribution in [-0.2, 0) is 6.61 Å². The van der Waals surface area contributed by atoms with Crippen molar-refractivity contribution in [2.24, 2.45) is 5.84 Å². The second kappa shape index (κ2) is 5.66. The maximum atomic E-state index is 5.91. The Kier molecular flexibility index (Phi) is 3.96.